The Morgan fingerprint density at radius 1 is 1.36 bits per heavy atom. The molecule has 1 radical (unpaired) electrons. The molecular weight excluding hydrogens is 162 g/mol. The van der Waals surface area contributed by atoms with E-state index in [0.717, 1.165) is 4.70 Å². The van der Waals surface area contributed by atoms with E-state index >= 15 is 0 Å². The summed E-state index contributed by atoms with van der Waals surface area (Å²) < 4.78 is 4.57. The van der Waals surface area contributed by atoms with Crippen molar-refractivity contribution in [3.63, 3.8) is 0 Å². The van der Waals surface area contributed by atoms with E-state index in [9.17, 15) is 5.11 Å². The molecule has 1 aromatic carbocycles. The van der Waals surface area contributed by atoms with E-state index in [1.807, 2.05) is 0 Å². The summed E-state index contributed by atoms with van der Waals surface area (Å²) in [7, 11) is 0. The molecule has 0 aliphatic rings. The van der Waals surface area contributed by atoms with Crippen LogP contribution < -0.4 is 0 Å². The largest absolute Gasteiger partial charge is 0.504 e. The standard InChI is InChI=1S/C7H4NO2S/c9-5-1-2-6-4(7(5)10)3-8-11-6/h1-2,9-10H. The highest BCUT2D eigenvalue weighted by Crippen LogP contribution is 2.34. The zero-order valence-electron chi connectivity index (χ0n) is 5.40. The van der Waals surface area contributed by atoms with Crippen LogP contribution in [0, 0.1) is 6.20 Å². The van der Waals surface area contributed by atoms with Crippen molar-refractivity contribution >= 4 is 21.6 Å². The van der Waals surface area contributed by atoms with E-state index < -0.39 is 0 Å². The minimum atomic E-state index is -0.142. The molecule has 55 valence electrons. The molecule has 11 heavy (non-hydrogen) atoms. The maximum atomic E-state index is 9.23. The normalized spacial score (nSPS) is 10.5. The number of aromatic nitrogens is 1. The quantitative estimate of drug-likeness (QED) is 0.583. The van der Waals surface area contributed by atoms with Crippen molar-refractivity contribution in [3.8, 4) is 11.5 Å². The first-order valence-electron chi connectivity index (χ1n) is 2.97. The zero-order valence-corrected chi connectivity index (χ0v) is 6.22. The van der Waals surface area contributed by atoms with Gasteiger partial charge in [-0.15, -0.1) is 0 Å². The van der Waals surface area contributed by atoms with Gasteiger partial charge in [0.2, 0.25) is 0 Å². The second kappa shape index (κ2) is 2.10. The third kappa shape index (κ3) is 0.832. The lowest BCUT2D eigenvalue weighted by molar-refractivity contribution is 0.408. The fraction of sp³-hybridized carbons (Fsp3) is 0. The smallest absolute Gasteiger partial charge is 0.168 e. The van der Waals surface area contributed by atoms with Gasteiger partial charge in [-0.25, -0.2) is 0 Å². The predicted octanol–water partition coefficient (Wildman–Crippen LogP) is 1.51. The maximum Gasteiger partial charge on any atom is 0.168 e. The summed E-state index contributed by atoms with van der Waals surface area (Å²) in [5.74, 6) is -0.273. The van der Waals surface area contributed by atoms with Gasteiger partial charge in [0, 0.05) is 0 Å². The number of benzene rings is 1. The van der Waals surface area contributed by atoms with E-state index in [0.29, 0.717) is 5.39 Å². The first kappa shape index (κ1) is 6.42. The Balaban J connectivity index is 2.93. The molecule has 0 unspecified atom stereocenters. The molecule has 0 aliphatic heterocycles. The second-order valence-corrected chi connectivity index (χ2v) is 2.91. The molecule has 1 heterocycles. The second-order valence-electron chi connectivity index (χ2n) is 2.10. The zero-order chi connectivity index (χ0) is 7.84. The van der Waals surface area contributed by atoms with Gasteiger partial charge in [0.05, 0.1) is 10.1 Å². The van der Waals surface area contributed by atoms with Crippen molar-refractivity contribution in [3.05, 3.63) is 18.3 Å². The van der Waals surface area contributed by atoms with E-state index in [2.05, 4.69) is 10.6 Å². The van der Waals surface area contributed by atoms with Crippen molar-refractivity contribution < 1.29 is 10.2 Å². The number of fused-ring (bicyclic) bond motifs is 1. The van der Waals surface area contributed by atoms with Gasteiger partial charge < -0.3 is 10.2 Å². The molecule has 0 amide bonds. The van der Waals surface area contributed by atoms with Gasteiger partial charge in [0.25, 0.3) is 0 Å². The minimum absolute atomic E-state index is 0.131. The lowest BCUT2D eigenvalue weighted by Gasteiger charge is -1.95. The van der Waals surface area contributed by atoms with Crippen LogP contribution in [0.3, 0.4) is 0 Å². The van der Waals surface area contributed by atoms with E-state index in [4.69, 9.17) is 5.11 Å². The van der Waals surface area contributed by atoms with Gasteiger partial charge in [0.15, 0.2) is 11.5 Å². The number of phenolic OH excluding ortho intramolecular Hbond substituents is 2. The van der Waals surface area contributed by atoms with Crippen LogP contribution in [0.25, 0.3) is 10.1 Å². The van der Waals surface area contributed by atoms with E-state index in [1.54, 1.807) is 6.07 Å². The molecule has 0 aliphatic carbocycles. The average molecular weight is 166 g/mol. The number of aromatic hydroxyl groups is 2. The lowest BCUT2D eigenvalue weighted by atomic mass is 10.2. The van der Waals surface area contributed by atoms with Crippen LogP contribution in [0.4, 0.5) is 0 Å². The molecule has 2 N–H and O–H groups in total. The Morgan fingerprint density at radius 3 is 3.00 bits per heavy atom. The fourth-order valence-electron chi connectivity index (χ4n) is 0.863. The molecule has 0 bridgehead atoms. The Labute approximate surface area is 66.7 Å². The fourth-order valence-corrected chi connectivity index (χ4v) is 1.46. The van der Waals surface area contributed by atoms with Gasteiger partial charge in [0.1, 0.15) is 6.20 Å². The summed E-state index contributed by atoms with van der Waals surface area (Å²) in [6.07, 6.45) is 2.59. The van der Waals surface area contributed by atoms with E-state index in [1.165, 1.54) is 17.6 Å². The summed E-state index contributed by atoms with van der Waals surface area (Å²) >= 11 is 1.23. The molecule has 3 nitrogen and oxygen atoms in total. The number of hydrogen-bond donors (Lipinski definition) is 2. The monoisotopic (exact) mass is 166 g/mol. The summed E-state index contributed by atoms with van der Waals surface area (Å²) in [5, 5.41) is 18.8. The molecule has 4 heteroatoms. The van der Waals surface area contributed by atoms with Crippen molar-refractivity contribution in [2.24, 2.45) is 0 Å². The minimum Gasteiger partial charge on any atom is -0.504 e. The van der Waals surface area contributed by atoms with Crippen LogP contribution in [0.15, 0.2) is 12.1 Å². The highest BCUT2D eigenvalue weighted by Gasteiger charge is 2.06. The molecule has 0 saturated carbocycles. The molecule has 2 rings (SSSR count). The topological polar surface area (TPSA) is 53.4 Å². The SMILES string of the molecule is Oc1ccc2sn[c]c2c1O. The molecule has 0 fully saturated rings. The number of rotatable bonds is 0. The highest BCUT2D eigenvalue weighted by molar-refractivity contribution is 7.13. The van der Waals surface area contributed by atoms with Gasteiger partial charge in [-0.2, -0.15) is 4.37 Å². The molecule has 1 aromatic heterocycles. The van der Waals surface area contributed by atoms with Crippen LogP contribution in [0.1, 0.15) is 0 Å². The van der Waals surface area contributed by atoms with Crippen LogP contribution in [0.2, 0.25) is 0 Å². The molecule has 0 saturated heterocycles. The van der Waals surface area contributed by atoms with Crippen molar-refractivity contribution in [1.29, 1.82) is 0 Å². The van der Waals surface area contributed by atoms with E-state index in [-0.39, 0.29) is 11.5 Å². The number of hydrogen-bond acceptors (Lipinski definition) is 4. The molecule has 2 aromatic rings. The highest BCUT2D eigenvalue weighted by atomic mass is 32.1. The van der Waals surface area contributed by atoms with Crippen molar-refractivity contribution in [1.82, 2.24) is 4.37 Å². The predicted molar refractivity (Wildman–Crippen MR) is 41.8 cm³/mol. The van der Waals surface area contributed by atoms with Crippen LogP contribution in [0.5, 0.6) is 11.5 Å². The third-order valence-corrected chi connectivity index (χ3v) is 2.14. The molecular formula is C7H4NO2S. The number of phenols is 2. The average Bonchev–Trinajstić information content (AvgIpc) is 2.45. The van der Waals surface area contributed by atoms with Gasteiger partial charge >= 0.3 is 0 Å². The third-order valence-electron chi connectivity index (χ3n) is 1.42. The van der Waals surface area contributed by atoms with Crippen molar-refractivity contribution in [2.75, 3.05) is 0 Å². The molecule has 0 spiro atoms. The summed E-state index contributed by atoms with van der Waals surface area (Å²) in [4.78, 5) is 0. The molecule has 0 atom stereocenters. The maximum absolute atomic E-state index is 9.23. The van der Waals surface area contributed by atoms with Crippen LogP contribution in [-0.2, 0) is 0 Å². The summed E-state index contributed by atoms with van der Waals surface area (Å²) in [6, 6.07) is 3.13. The summed E-state index contributed by atoms with van der Waals surface area (Å²) in [5.41, 5.74) is 0. The van der Waals surface area contributed by atoms with Gasteiger partial charge in [-0.1, -0.05) is 0 Å². The Bertz CT molecular complexity index is 396. The summed E-state index contributed by atoms with van der Waals surface area (Å²) in [6.45, 7) is 0. The Kier molecular flexibility index (Phi) is 1.22. The number of nitrogens with zero attached hydrogens (tertiary/aromatic N) is 1. The van der Waals surface area contributed by atoms with Crippen LogP contribution >= 0.6 is 11.5 Å². The Hall–Kier alpha value is -1.29. The van der Waals surface area contributed by atoms with Crippen molar-refractivity contribution in [2.45, 2.75) is 0 Å². The lowest BCUT2D eigenvalue weighted by Crippen LogP contribution is -1.68. The van der Waals surface area contributed by atoms with Gasteiger partial charge in [-0.3, -0.25) is 0 Å². The van der Waals surface area contributed by atoms with Gasteiger partial charge in [-0.05, 0) is 23.7 Å². The van der Waals surface area contributed by atoms with Crippen LogP contribution in [-0.4, -0.2) is 14.6 Å². The Morgan fingerprint density at radius 2 is 2.18 bits per heavy atom. The first-order chi connectivity index (χ1) is 5.29. The first-order valence-corrected chi connectivity index (χ1v) is 3.74.